The van der Waals surface area contributed by atoms with Gasteiger partial charge in [0.25, 0.3) is 0 Å². The Balaban J connectivity index is 0.000000157. The Bertz CT molecular complexity index is 1950. The van der Waals surface area contributed by atoms with Crippen molar-refractivity contribution in [3.05, 3.63) is 172 Å². The van der Waals surface area contributed by atoms with Gasteiger partial charge in [0.2, 0.25) is 0 Å². The van der Waals surface area contributed by atoms with E-state index in [9.17, 15) is 0 Å². The first-order valence-corrected chi connectivity index (χ1v) is 18.9. The van der Waals surface area contributed by atoms with Crippen molar-refractivity contribution >= 4 is 21.6 Å². The second kappa shape index (κ2) is 16.1. The summed E-state index contributed by atoms with van der Waals surface area (Å²) in [5.74, 6) is 0. The topological polar surface area (TPSA) is 42.4 Å². The molecule has 0 aliphatic carbocycles. The van der Waals surface area contributed by atoms with E-state index in [4.69, 9.17) is 5.73 Å². The molecule has 4 heterocycles. The van der Waals surface area contributed by atoms with Gasteiger partial charge in [-0.3, -0.25) is 9.80 Å². The monoisotopic (exact) mass is 725 g/mol. The minimum absolute atomic E-state index is 0.254. The summed E-state index contributed by atoms with van der Waals surface area (Å²) < 4.78 is 5.71. The first-order chi connectivity index (χ1) is 24.6. The zero-order chi connectivity index (χ0) is 34.3. The SMILES string of the molecule is Brc1ccc(C(c2cccn2-c2ccccc2)N2CCCC2)cc1.Cc1cccc(C(c2cccn2-c2ccccc2N)N2CCCCC2)c1. The Morgan fingerprint density at radius 3 is 1.78 bits per heavy atom. The van der Waals surface area contributed by atoms with Gasteiger partial charge in [0.1, 0.15) is 0 Å². The molecule has 4 aromatic carbocycles. The highest BCUT2D eigenvalue weighted by molar-refractivity contribution is 9.10. The summed E-state index contributed by atoms with van der Waals surface area (Å²) in [5, 5.41) is 0. The number of likely N-dealkylation sites (tertiary alicyclic amines) is 2. The largest absolute Gasteiger partial charge is 0.397 e. The van der Waals surface area contributed by atoms with Gasteiger partial charge in [0.15, 0.2) is 0 Å². The van der Waals surface area contributed by atoms with Crippen LogP contribution in [-0.2, 0) is 0 Å². The zero-order valence-electron chi connectivity index (χ0n) is 29.0. The quantitative estimate of drug-likeness (QED) is 0.159. The van der Waals surface area contributed by atoms with Crippen LogP contribution >= 0.6 is 15.9 Å². The lowest BCUT2D eigenvalue weighted by Crippen LogP contribution is -2.35. The number of hydrogen-bond acceptors (Lipinski definition) is 3. The van der Waals surface area contributed by atoms with Crippen molar-refractivity contribution in [3.8, 4) is 11.4 Å². The Labute approximate surface area is 306 Å². The number of aryl methyl sites for hydroxylation is 1. The Morgan fingerprint density at radius 1 is 0.540 bits per heavy atom. The standard InChI is InChI=1S/C23H27N3.C21H21BrN2/c1-18-9-7-10-19(17-18)23(25-14-5-2-6-15-25)22-13-8-16-26(22)21-12-4-3-11-20(21)24;22-18-12-10-17(11-13-18)21(23-14-4-5-15-23)20-9-6-16-24(20)19-7-2-1-3-8-19/h3-4,7-13,16-17,23H,2,5-6,14-15,24H2,1H3;1-3,6-13,16,21H,4-5,14-15H2. The van der Waals surface area contributed by atoms with Crippen LogP contribution in [0.1, 0.15) is 72.3 Å². The number of para-hydroxylation sites is 3. The number of nitrogens with two attached hydrogens (primary N) is 1. The maximum atomic E-state index is 6.29. The van der Waals surface area contributed by atoms with E-state index in [0.717, 1.165) is 28.9 Å². The fourth-order valence-electron chi connectivity index (χ4n) is 7.78. The second-order valence-electron chi connectivity index (χ2n) is 13.6. The van der Waals surface area contributed by atoms with Gasteiger partial charge in [-0.25, -0.2) is 0 Å². The molecule has 0 saturated carbocycles. The molecule has 256 valence electrons. The second-order valence-corrected chi connectivity index (χ2v) is 14.5. The summed E-state index contributed by atoms with van der Waals surface area (Å²) >= 11 is 3.56. The van der Waals surface area contributed by atoms with E-state index >= 15 is 0 Å². The maximum absolute atomic E-state index is 6.29. The van der Waals surface area contributed by atoms with Gasteiger partial charge in [-0.2, -0.15) is 0 Å². The molecule has 2 unspecified atom stereocenters. The number of benzene rings is 4. The third-order valence-electron chi connectivity index (χ3n) is 10.2. The summed E-state index contributed by atoms with van der Waals surface area (Å²) in [5.41, 5.74) is 16.0. The molecule has 2 atom stereocenters. The van der Waals surface area contributed by atoms with E-state index in [2.05, 4.69) is 169 Å². The van der Waals surface area contributed by atoms with Crippen LogP contribution in [0.25, 0.3) is 11.4 Å². The molecule has 0 spiro atoms. The van der Waals surface area contributed by atoms with Gasteiger partial charge in [0, 0.05) is 33.9 Å². The summed E-state index contributed by atoms with van der Waals surface area (Å²) in [7, 11) is 0. The highest BCUT2D eigenvalue weighted by atomic mass is 79.9. The van der Waals surface area contributed by atoms with Crippen LogP contribution < -0.4 is 5.73 Å². The highest BCUT2D eigenvalue weighted by Gasteiger charge is 2.28. The predicted octanol–water partition coefficient (Wildman–Crippen LogP) is 10.4. The third-order valence-corrected chi connectivity index (χ3v) is 10.7. The number of halogens is 1. The predicted molar refractivity (Wildman–Crippen MR) is 211 cm³/mol. The molecule has 2 aliphatic rings. The molecule has 0 amide bonds. The lowest BCUT2D eigenvalue weighted by molar-refractivity contribution is 0.183. The Kier molecular flexibility index (Phi) is 11.0. The lowest BCUT2D eigenvalue weighted by Gasteiger charge is -2.36. The van der Waals surface area contributed by atoms with E-state index in [-0.39, 0.29) is 6.04 Å². The molecule has 0 radical (unpaired) electrons. The zero-order valence-corrected chi connectivity index (χ0v) is 30.6. The molecule has 6 heteroatoms. The van der Waals surface area contributed by atoms with Crippen LogP contribution in [0.15, 0.2) is 144 Å². The van der Waals surface area contributed by atoms with Crippen molar-refractivity contribution in [2.24, 2.45) is 0 Å². The smallest absolute Gasteiger partial charge is 0.0759 e. The number of piperidine rings is 1. The average Bonchev–Trinajstić information content (AvgIpc) is 3.95. The van der Waals surface area contributed by atoms with Crippen molar-refractivity contribution in [1.82, 2.24) is 18.9 Å². The Hall–Kier alpha value is -4.36. The molecule has 5 nitrogen and oxygen atoms in total. The normalized spacial score (nSPS) is 16.4. The number of nitrogens with zero attached hydrogens (tertiary/aromatic N) is 4. The van der Waals surface area contributed by atoms with Gasteiger partial charge < -0.3 is 14.9 Å². The van der Waals surface area contributed by atoms with Crippen LogP contribution in [-0.4, -0.2) is 45.1 Å². The average molecular weight is 727 g/mol. The molecule has 8 rings (SSSR count). The van der Waals surface area contributed by atoms with Gasteiger partial charge >= 0.3 is 0 Å². The van der Waals surface area contributed by atoms with Crippen LogP contribution in [0.4, 0.5) is 5.69 Å². The maximum Gasteiger partial charge on any atom is 0.0759 e. The van der Waals surface area contributed by atoms with Gasteiger partial charge in [-0.05, 0) is 131 Å². The number of nitrogen functional groups attached to an aromatic ring is 1. The summed E-state index contributed by atoms with van der Waals surface area (Å²) in [6, 6.07) is 45.8. The van der Waals surface area contributed by atoms with Gasteiger partial charge in [-0.1, -0.05) is 94.6 Å². The van der Waals surface area contributed by atoms with E-state index in [1.165, 1.54) is 79.0 Å². The molecule has 2 aromatic heterocycles. The van der Waals surface area contributed by atoms with E-state index in [1.54, 1.807) is 0 Å². The summed E-state index contributed by atoms with van der Waals surface area (Å²) in [4.78, 5) is 5.24. The highest BCUT2D eigenvalue weighted by Crippen LogP contribution is 2.35. The van der Waals surface area contributed by atoms with Crippen LogP contribution in [0.2, 0.25) is 0 Å². The fourth-order valence-corrected chi connectivity index (χ4v) is 8.05. The summed E-state index contributed by atoms with van der Waals surface area (Å²) in [6.45, 7) is 6.80. The van der Waals surface area contributed by atoms with E-state index in [0.29, 0.717) is 6.04 Å². The number of aromatic nitrogens is 2. The molecule has 2 N–H and O–H groups in total. The van der Waals surface area contributed by atoms with Crippen LogP contribution in [0.5, 0.6) is 0 Å². The van der Waals surface area contributed by atoms with Crippen molar-refractivity contribution < 1.29 is 0 Å². The van der Waals surface area contributed by atoms with Gasteiger partial charge in [-0.15, -0.1) is 0 Å². The van der Waals surface area contributed by atoms with Crippen LogP contribution in [0, 0.1) is 6.92 Å². The van der Waals surface area contributed by atoms with Crippen molar-refractivity contribution in [3.63, 3.8) is 0 Å². The summed E-state index contributed by atoms with van der Waals surface area (Å²) in [6.07, 6.45) is 10.8. The first-order valence-electron chi connectivity index (χ1n) is 18.1. The molecule has 2 fully saturated rings. The molecule has 2 aliphatic heterocycles. The van der Waals surface area contributed by atoms with Crippen molar-refractivity contribution in [2.75, 3.05) is 31.9 Å². The van der Waals surface area contributed by atoms with Gasteiger partial charge in [0.05, 0.1) is 23.5 Å². The molecular formula is C44H48BrN5. The molecule has 50 heavy (non-hydrogen) atoms. The minimum atomic E-state index is 0.254. The molecule has 6 aromatic rings. The third kappa shape index (κ3) is 7.68. The number of rotatable bonds is 8. The lowest BCUT2D eigenvalue weighted by atomic mass is 9.97. The first kappa shape index (κ1) is 34.1. The number of hydrogen-bond donors (Lipinski definition) is 1. The Morgan fingerprint density at radius 2 is 1.12 bits per heavy atom. The minimum Gasteiger partial charge on any atom is -0.397 e. The van der Waals surface area contributed by atoms with Crippen molar-refractivity contribution in [2.45, 2.75) is 51.1 Å². The molecular weight excluding hydrogens is 678 g/mol. The number of anilines is 1. The van der Waals surface area contributed by atoms with Crippen LogP contribution in [0.3, 0.4) is 0 Å². The van der Waals surface area contributed by atoms with E-state index < -0.39 is 0 Å². The molecule has 2 saturated heterocycles. The van der Waals surface area contributed by atoms with Crippen molar-refractivity contribution in [1.29, 1.82) is 0 Å². The molecule has 0 bridgehead atoms. The fraction of sp³-hybridized carbons (Fsp3) is 0.273. The van der Waals surface area contributed by atoms with E-state index in [1.807, 2.05) is 12.1 Å².